The fraction of sp³-hybridized carbons (Fsp3) is 0.100. The summed E-state index contributed by atoms with van der Waals surface area (Å²) in [4.78, 5) is 12.2. The Kier molecular flexibility index (Phi) is 2.68. The molecule has 0 atom stereocenters. The van der Waals surface area contributed by atoms with Crippen LogP contribution in [0, 0.1) is 0 Å². The van der Waals surface area contributed by atoms with Crippen LogP contribution < -0.4 is 45.6 Å². The van der Waals surface area contributed by atoms with Crippen molar-refractivity contribution in [2.24, 2.45) is 17.2 Å². The summed E-state index contributed by atoms with van der Waals surface area (Å²) in [5.74, 6) is -2.91. The van der Waals surface area contributed by atoms with Crippen molar-refractivity contribution in [1.82, 2.24) is 0 Å². The van der Waals surface area contributed by atoms with Crippen molar-refractivity contribution < 1.29 is 9.52 Å². The van der Waals surface area contributed by atoms with E-state index in [-0.39, 0.29) is 33.8 Å². The van der Waals surface area contributed by atoms with Crippen LogP contribution in [0.4, 0.5) is 22.7 Å². The molecule has 0 radical (unpaired) electrons. The Morgan fingerprint density at radius 1 is 0.900 bits per heavy atom. The topological polar surface area (TPSA) is 233 Å². The van der Waals surface area contributed by atoms with Crippen LogP contribution in [0.3, 0.4) is 0 Å². The highest BCUT2D eigenvalue weighted by Crippen LogP contribution is 2.41. The Morgan fingerprint density at radius 3 is 1.95 bits per heavy atom. The van der Waals surface area contributed by atoms with Crippen molar-refractivity contribution in [2.75, 3.05) is 22.9 Å². The molecule has 0 saturated carbocycles. The summed E-state index contributed by atoms with van der Waals surface area (Å²) in [6.07, 6.45) is 0. The predicted octanol–water partition coefficient (Wildman–Crippen LogP) is -2.19. The van der Waals surface area contributed by atoms with Crippen LogP contribution in [0.15, 0.2) is 9.21 Å². The molecule has 2 aromatic rings. The lowest BCUT2D eigenvalue weighted by atomic mass is 10.1. The van der Waals surface area contributed by atoms with Crippen LogP contribution in [-0.4, -0.2) is 5.11 Å². The number of fused-ring (bicyclic) bond motifs is 1. The van der Waals surface area contributed by atoms with E-state index in [4.69, 9.17) is 44.6 Å². The van der Waals surface area contributed by atoms with E-state index in [2.05, 4.69) is 0 Å². The SMILES string of the molecule is Nc1c(O)c(N)c2oc(C(N)(N)N)c(N)c(=O)c2c1N. The minimum atomic E-state index is -2.00. The molecule has 1 aromatic carbocycles. The molecule has 108 valence electrons. The van der Waals surface area contributed by atoms with Crippen molar-refractivity contribution in [3.8, 4) is 5.75 Å². The van der Waals surface area contributed by atoms with Crippen LogP contribution in [0.1, 0.15) is 5.76 Å². The third-order valence-electron chi connectivity index (χ3n) is 2.86. The predicted molar refractivity (Wildman–Crippen MR) is 76.0 cm³/mol. The van der Waals surface area contributed by atoms with Crippen LogP contribution >= 0.6 is 0 Å². The summed E-state index contributed by atoms with van der Waals surface area (Å²) in [6, 6.07) is 0. The molecule has 10 heteroatoms. The Labute approximate surface area is 112 Å². The first-order chi connectivity index (χ1) is 9.07. The molecule has 20 heavy (non-hydrogen) atoms. The quantitative estimate of drug-likeness (QED) is 0.160. The van der Waals surface area contributed by atoms with Crippen molar-refractivity contribution >= 4 is 33.7 Å². The molecule has 0 aliphatic heterocycles. The summed E-state index contributed by atoms with van der Waals surface area (Å²) in [7, 11) is 0. The van der Waals surface area contributed by atoms with E-state index in [9.17, 15) is 9.90 Å². The van der Waals surface area contributed by atoms with Crippen LogP contribution in [0.5, 0.6) is 5.75 Å². The zero-order valence-electron chi connectivity index (χ0n) is 10.3. The lowest BCUT2D eigenvalue weighted by Gasteiger charge is -2.20. The van der Waals surface area contributed by atoms with Crippen molar-refractivity contribution in [3.63, 3.8) is 0 Å². The van der Waals surface area contributed by atoms with Gasteiger partial charge in [-0.2, -0.15) is 0 Å². The fourth-order valence-electron chi connectivity index (χ4n) is 1.82. The number of phenolic OH excluding ortho intramolecular Hbond substituents is 1. The average Bonchev–Trinajstić information content (AvgIpc) is 2.35. The molecule has 0 amide bonds. The molecule has 0 saturated heterocycles. The lowest BCUT2D eigenvalue weighted by molar-refractivity contribution is 0.373. The first-order valence-electron chi connectivity index (χ1n) is 5.36. The number of nitrogen functional groups attached to an aromatic ring is 4. The summed E-state index contributed by atoms with van der Waals surface area (Å²) >= 11 is 0. The molecule has 0 aliphatic rings. The van der Waals surface area contributed by atoms with Gasteiger partial charge in [0, 0.05) is 0 Å². The van der Waals surface area contributed by atoms with Gasteiger partial charge in [0.15, 0.2) is 22.9 Å². The second-order valence-electron chi connectivity index (χ2n) is 4.40. The largest absolute Gasteiger partial charge is 0.504 e. The third-order valence-corrected chi connectivity index (χ3v) is 2.86. The second kappa shape index (κ2) is 3.90. The van der Waals surface area contributed by atoms with Gasteiger partial charge in [-0.15, -0.1) is 0 Å². The zero-order valence-corrected chi connectivity index (χ0v) is 10.3. The molecule has 10 nitrogen and oxygen atoms in total. The van der Waals surface area contributed by atoms with Crippen LogP contribution in [0.2, 0.25) is 0 Å². The minimum Gasteiger partial charge on any atom is -0.504 e. The van der Waals surface area contributed by atoms with E-state index >= 15 is 0 Å². The number of rotatable bonds is 1. The van der Waals surface area contributed by atoms with Gasteiger partial charge in [0.2, 0.25) is 5.43 Å². The monoisotopic (exact) mass is 281 g/mol. The van der Waals surface area contributed by atoms with Crippen LogP contribution in [0.25, 0.3) is 11.0 Å². The standard InChI is InChI=1S/C10H15N7O3/c11-2-1-6(18)5(14)9(10(15,16)17)20-8(1)4(13)7(19)3(2)12/h19H,11-17H2. The zero-order chi connectivity index (χ0) is 15.4. The molecule has 1 heterocycles. The smallest absolute Gasteiger partial charge is 0.218 e. The number of anilines is 4. The molecule has 1 aromatic heterocycles. The van der Waals surface area contributed by atoms with Crippen molar-refractivity contribution in [2.45, 2.75) is 5.79 Å². The van der Waals surface area contributed by atoms with E-state index in [0.29, 0.717) is 0 Å². The van der Waals surface area contributed by atoms with E-state index in [0.717, 1.165) is 0 Å². The average molecular weight is 281 g/mol. The molecule has 0 aliphatic carbocycles. The highest BCUT2D eigenvalue weighted by atomic mass is 16.3. The highest BCUT2D eigenvalue weighted by molar-refractivity contribution is 6.06. The van der Waals surface area contributed by atoms with E-state index < -0.39 is 22.7 Å². The molecule has 0 fully saturated rings. The Morgan fingerprint density at radius 2 is 1.45 bits per heavy atom. The molecule has 2 rings (SSSR count). The first-order valence-corrected chi connectivity index (χ1v) is 5.36. The summed E-state index contributed by atoms with van der Waals surface area (Å²) in [6.45, 7) is 0. The van der Waals surface area contributed by atoms with E-state index in [1.807, 2.05) is 0 Å². The minimum absolute atomic E-state index is 0.177. The number of phenols is 1. The summed E-state index contributed by atoms with van der Waals surface area (Å²) in [5, 5.41) is 9.54. The maximum Gasteiger partial charge on any atom is 0.218 e. The van der Waals surface area contributed by atoms with Gasteiger partial charge in [0.25, 0.3) is 0 Å². The van der Waals surface area contributed by atoms with E-state index in [1.54, 1.807) is 0 Å². The highest BCUT2D eigenvalue weighted by Gasteiger charge is 2.28. The Hall–Kier alpha value is -2.69. The molecular weight excluding hydrogens is 266 g/mol. The molecule has 15 N–H and O–H groups in total. The normalized spacial score (nSPS) is 11.9. The first kappa shape index (κ1) is 13.7. The van der Waals surface area contributed by atoms with Gasteiger partial charge in [-0.3, -0.25) is 22.0 Å². The number of hydrogen-bond donors (Lipinski definition) is 8. The molecule has 0 bridgehead atoms. The maximum absolute atomic E-state index is 12.2. The van der Waals surface area contributed by atoms with Crippen molar-refractivity contribution in [3.05, 3.63) is 16.0 Å². The summed E-state index contributed by atoms with van der Waals surface area (Å²) < 4.78 is 5.26. The van der Waals surface area contributed by atoms with Gasteiger partial charge in [-0.1, -0.05) is 0 Å². The maximum atomic E-state index is 12.2. The van der Waals surface area contributed by atoms with Gasteiger partial charge >= 0.3 is 0 Å². The Balaban J connectivity index is 3.11. The second-order valence-corrected chi connectivity index (χ2v) is 4.40. The fourth-order valence-corrected chi connectivity index (χ4v) is 1.82. The number of aromatic hydroxyl groups is 1. The Bertz CT molecular complexity index is 775. The molecule has 0 unspecified atom stereocenters. The van der Waals surface area contributed by atoms with Gasteiger partial charge in [0.1, 0.15) is 17.1 Å². The number of hydrogen-bond acceptors (Lipinski definition) is 10. The van der Waals surface area contributed by atoms with Crippen LogP contribution in [-0.2, 0) is 5.79 Å². The lowest BCUT2D eigenvalue weighted by Crippen LogP contribution is -2.55. The summed E-state index contributed by atoms with van der Waals surface area (Å²) in [5.41, 5.74) is 36.6. The van der Waals surface area contributed by atoms with Crippen molar-refractivity contribution in [1.29, 1.82) is 0 Å². The van der Waals surface area contributed by atoms with Gasteiger partial charge in [-0.25, -0.2) is 0 Å². The van der Waals surface area contributed by atoms with E-state index in [1.165, 1.54) is 0 Å². The third kappa shape index (κ3) is 1.67. The number of benzene rings is 1. The van der Waals surface area contributed by atoms with Gasteiger partial charge in [0.05, 0.1) is 11.1 Å². The molecule has 0 spiro atoms. The molecular formula is C10H15N7O3. The number of nitrogens with two attached hydrogens (primary N) is 7. The van der Waals surface area contributed by atoms with Gasteiger partial charge < -0.3 is 32.5 Å². The van der Waals surface area contributed by atoms with Gasteiger partial charge in [-0.05, 0) is 0 Å².